The fraction of sp³-hybridized carbons (Fsp3) is 0.500. The smallest absolute Gasteiger partial charge is 0.225 e. The van der Waals surface area contributed by atoms with Crippen molar-refractivity contribution in [2.45, 2.75) is 38.6 Å². The summed E-state index contributed by atoms with van der Waals surface area (Å²) >= 11 is 0. The summed E-state index contributed by atoms with van der Waals surface area (Å²) < 4.78 is 10.7. The molecule has 0 unspecified atom stereocenters. The van der Waals surface area contributed by atoms with Crippen molar-refractivity contribution in [3.8, 4) is 11.5 Å². The van der Waals surface area contributed by atoms with Gasteiger partial charge in [0.2, 0.25) is 5.95 Å². The molecule has 2 aromatic rings. The number of aliphatic hydroxyl groups is 1. The van der Waals surface area contributed by atoms with Gasteiger partial charge >= 0.3 is 0 Å². The summed E-state index contributed by atoms with van der Waals surface area (Å²) in [6.07, 6.45) is 2.31. The Morgan fingerprint density at radius 2 is 1.85 bits per heavy atom. The minimum Gasteiger partial charge on any atom is -0.493 e. The Balaban J connectivity index is 1.86. The van der Waals surface area contributed by atoms with Gasteiger partial charge in [0.1, 0.15) is 5.82 Å². The molecular formula is C20H28N4O3. The van der Waals surface area contributed by atoms with Crippen LogP contribution in [0.4, 0.5) is 17.5 Å². The Bertz CT molecular complexity index is 778. The summed E-state index contributed by atoms with van der Waals surface area (Å²) in [7, 11) is 3.22. The average molecular weight is 372 g/mol. The number of benzene rings is 1. The molecule has 1 aromatic carbocycles. The second-order valence-corrected chi connectivity index (χ2v) is 7.15. The highest BCUT2D eigenvalue weighted by molar-refractivity contribution is 5.62. The molecular weight excluding hydrogens is 344 g/mol. The van der Waals surface area contributed by atoms with Crippen LogP contribution in [0.5, 0.6) is 11.5 Å². The highest BCUT2D eigenvalue weighted by atomic mass is 16.5. The molecule has 0 aliphatic heterocycles. The second-order valence-electron chi connectivity index (χ2n) is 7.15. The van der Waals surface area contributed by atoms with E-state index >= 15 is 0 Å². The monoisotopic (exact) mass is 372 g/mol. The van der Waals surface area contributed by atoms with Crippen LogP contribution in [0, 0.1) is 5.92 Å². The van der Waals surface area contributed by atoms with E-state index < -0.39 is 0 Å². The van der Waals surface area contributed by atoms with Gasteiger partial charge in [0, 0.05) is 23.7 Å². The molecule has 1 heterocycles. The lowest BCUT2D eigenvalue weighted by Gasteiger charge is -2.20. The van der Waals surface area contributed by atoms with Crippen molar-refractivity contribution in [3.63, 3.8) is 0 Å². The third-order valence-corrected chi connectivity index (χ3v) is 4.71. The van der Waals surface area contributed by atoms with Gasteiger partial charge in [-0.3, -0.25) is 0 Å². The molecule has 146 valence electrons. The maximum atomic E-state index is 9.60. The van der Waals surface area contributed by atoms with Gasteiger partial charge in [-0.05, 0) is 30.9 Å². The van der Waals surface area contributed by atoms with Crippen LogP contribution in [0.25, 0.3) is 0 Å². The summed E-state index contributed by atoms with van der Waals surface area (Å²) in [5.41, 5.74) is 1.87. The predicted octanol–water partition coefficient (Wildman–Crippen LogP) is 3.54. The molecule has 1 aliphatic carbocycles. The van der Waals surface area contributed by atoms with Crippen molar-refractivity contribution in [1.29, 1.82) is 0 Å². The standard InChI is InChI=1S/C20H28N4O3/c1-12(2)16(11-25)23-20-22-15(13-5-6-13)10-19(24-20)21-14-7-8-17(26-3)18(9-14)27-4/h7-10,12-13,16,25H,5-6,11H2,1-4H3,(H2,21,22,23,24)/t16-/m1/s1. The Morgan fingerprint density at radius 1 is 1.11 bits per heavy atom. The molecule has 7 nitrogen and oxygen atoms in total. The van der Waals surface area contributed by atoms with Gasteiger partial charge in [-0.15, -0.1) is 0 Å². The molecule has 7 heteroatoms. The van der Waals surface area contributed by atoms with Crippen LogP contribution < -0.4 is 20.1 Å². The van der Waals surface area contributed by atoms with E-state index in [4.69, 9.17) is 9.47 Å². The Kier molecular flexibility index (Phi) is 6.01. The van der Waals surface area contributed by atoms with Gasteiger partial charge in [0.25, 0.3) is 0 Å². The first-order valence-electron chi connectivity index (χ1n) is 9.29. The van der Waals surface area contributed by atoms with Gasteiger partial charge in [0.15, 0.2) is 11.5 Å². The van der Waals surface area contributed by atoms with E-state index in [1.54, 1.807) is 14.2 Å². The van der Waals surface area contributed by atoms with Crippen molar-refractivity contribution < 1.29 is 14.6 Å². The number of nitrogens with one attached hydrogen (secondary N) is 2. The van der Waals surface area contributed by atoms with Crippen LogP contribution in [0.15, 0.2) is 24.3 Å². The number of nitrogens with zero attached hydrogens (tertiary/aromatic N) is 2. The number of aliphatic hydroxyl groups excluding tert-OH is 1. The maximum absolute atomic E-state index is 9.60. The van der Waals surface area contributed by atoms with Gasteiger partial charge in [-0.1, -0.05) is 13.8 Å². The van der Waals surface area contributed by atoms with Crippen molar-refractivity contribution in [2.24, 2.45) is 5.92 Å². The number of rotatable bonds is 9. The lowest BCUT2D eigenvalue weighted by atomic mass is 10.1. The molecule has 1 aromatic heterocycles. The third kappa shape index (κ3) is 4.80. The summed E-state index contributed by atoms with van der Waals surface area (Å²) in [5, 5.41) is 16.2. The number of anilines is 3. The quantitative estimate of drug-likeness (QED) is 0.620. The molecule has 0 bridgehead atoms. The molecule has 0 saturated heterocycles. The first kappa shape index (κ1) is 19.2. The van der Waals surface area contributed by atoms with Crippen molar-refractivity contribution >= 4 is 17.5 Å². The van der Waals surface area contributed by atoms with Crippen LogP contribution >= 0.6 is 0 Å². The molecule has 1 saturated carbocycles. The van der Waals surface area contributed by atoms with Gasteiger partial charge in [-0.25, -0.2) is 4.98 Å². The molecule has 3 N–H and O–H groups in total. The van der Waals surface area contributed by atoms with Crippen molar-refractivity contribution in [2.75, 3.05) is 31.5 Å². The molecule has 0 spiro atoms. The van der Waals surface area contributed by atoms with Gasteiger partial charge in [0.05, 0.1) is 32.6 Å². The summed E-state index contributed by atoms with van der Waals surface area (Å²) in [6, 6.07) is 7.54. The first-order valence-corrected chi connectivity index (χ1v) is 9.29. The predicted molar refractivity (Wildman–Crippen MR) is 106 cm³/mol. The van der Waals surface area contributed by atoms with E-state index in [9.17, 15) is 5.11 Å². The van der Waals surface area contributed by atoms with Crippen LogP contribution in [-0.2, 0) is 0 Å². The van der Waals surface area contributed by atoms with Crippen LogP contribution in [0.1, 0.15) is 38.3 Å². The lowest BCUT2D eigenvalue weighted by Crippen LogP contribution is -2.30. The summed E-state index contributed by atoms with van der Waals surface area (Å²) in [6.45, 7) is 4.15. The highest BCUT2D eigenvalue weighted by Gasteiger charge is 2.26. The van der Waals surface area contributed by atoms with Crippen LogP contribution in [0.2, 0.25) is 0 Å². The van der Waals surface area contributed by atoms with E-state index in [1.165, 1.54) is 0 Å². The number of aromatic nitrogens is 2. The molecule has 1 aliphatic rings. The topological polar surface area (TPSA) is 88.5 Å². The minimum atomic E-state index is -0.0895. The largest absolute Gasteiger partial charge is 0.493 e. The average Bonchev–Trinajstić information content (AvgIpc) is 3.51. The van der Waals surface area contributed by atoms with E-state index in [-0.39, 0.29) is 18.6 Å². The molecule has 0 amide bonds. The van der Waals surface area contributed by atoms with Crippen molar-refractivity contribution in [1.82, 2.24) is 9.97 Å². The van der Waals surface area contributed by atoms with E-state index in [1.807, 2.05) is 24.3 Å². The van der Waals surface area contributed by atoms with Crippen LogP contribution in [-0.4, -0.2) is 41.9 Å². The number of methoxy groups -OCH3 is 2. The molecule has 27 heavy (non-hydrogen) atoms. The van der Waals surface area contributed by atoms with E-state index in [0.717, 1.165) is 24.2 Å². The summed E-state index contributed by atoms with van der Waals surface area (Å²) in [5.74, 6) is 3.33. The molecule has 3 rings (SSSR count). The fourth-order valence-electron chi connectivity index (χ4n) is 2.83. The van der Waals surface area contributed by atoms with Gasteiger partial charge in [-0.2, -0.15) is 4.98 Å². The van der Waals surface area contributed by atoms with E-state index in [2.05, 4.69) is 34.4 Å². The summed E-state index contributed by atoms with van der Waals surface area (Å²) in [4.78, 5) is 9.24. The van der Waals surface area contributed by atoms with Gasteiger partial charge < -0.3 is 25.2 Å². The molecule has 0 radical (unpaired) electrons. The number of hydrogen-bond acceptors (Lipinski definition) is 7. The molecule has 1 atom stereocenters. The fourth-order valence-corrected chi connectivity index (χ4v) is 2.83. The Hall–Kier alpha value is -2.54. The highest BCUT2D eigenvalue weighted by Crippen LogP contribution is 2.40. The number of hydrogen-bond donors (Lipinski definition) is 3. The maximum Gasteiger partial charge on any atom is 0.225 e. The number of ether oxygens (including phenoxy) is 2. The first-order chi connectivity index (χ1) is 13.0. The minimum absolute atomic E-state index is 0.0348. The zero-order valence-electron chi connectivity index (χ0n) is 16.3. The van der Waals surface area contributed by atoms with Crippen molar-refractivity contribution in [3.05, 3.63) is 30.0 Å². The third-order valence-electron chi connectivity index (χ3n) is 4.71. The lowest BCUT2D eigenvalue weighted by molar-refractivity contribution is 0.248. The van der Waals surface area contributed by atoms with Crippen LogP contribution in [0.3, 0.4) is 0 Å². The zero-order chi connectivity index (χ0) is 19.4. The Labute approximate surface area is 160 Å². The normalized spacial score (nSPS) is 14.7. The van der Waals surface area contributed by atoms with E-state index in [0.29, 0.717) is 29.2 Å². The molecule has 1 fully saturated rings. The zero-order valence-corrected chi connectivity index (χ0v) is 16.3. The second kappa shape index (κ2) is 8.43. The Morgan fingerprint density at radius 3 is 2.44 bits per heavy atom. The SMILES string of the molecule is COc1ccc(Nc2cc(C3CC3)nc(N[C@H](CO)C(C)C)n2)cc1OC.